The topological polar surface area (TPSA) is 37.8 Å². The summed E-state index contributed by atoms with van der Waals surface area (Å²) in [6.07, 6.45) is 0. The van der Waals surface area contributed by atoms with Crippen molar-refractivity contribution in [2.24, 2.45) is 0 Å². The zero-order valence-electron chi connectivity index (χ0n) is 8.24. The first-order valence-electron chi connectivity index (χ1n) is 4.57. The van der Waals surface area contributed by atoms with Crippen molar-refractivity contribution < 1.29 is 4.39 Å². The number of halogens is 1. The van der Waals surface area contributed by atoms with Gasteiger partial charge in [0.2, 0.25) is 0 Å². The maximum Gasteiger partial charge on any atom is 0.148 e. The third-order valence-corrected chi connectivity index (χ3v) is 2.06. The zero-order chi connectivity index (χ0) is 10.7. The summed E-state index contributed by atoms with van der Waals surface area (Å²) in [6, 6.07) is 9.83. The van der Waals surface area contributed by atoms with Gasteiger partial charge in [-0.3, -0.25) is 0 Å². The second kappa shape index (κ2) is 4.04. The van der Waals surface area contributed by atoms with Crippen molar-refractivity contribution in [3.05, 3.63) is 42.2 Å². The molecule has 0 bridgehead atoms. The minimum Gasteiger partial charge on any atom is -0.372 e. The normalized spacial score (nSPS) is 10.0. The predicted molar refractivity (Wildman–Crippen MR) is 57.0 cm³/mol. The zero-order valence-corrected chi connectivity index (χ0v) is 8.24. The number of benzene rings is 1. The van der Waals surface area contributed by atoms with E-state index >= 15 is 0 Å². The predicted octanol–water partition coefficient (Wildman–Crippen LogP) is 2.32. The average molecular weight is 203 g/mol. The molecule has 0 fully saturated rings. The molecule has 1 aromatic heterocycles. The van der Waals surface area contributed by atoms with Crippen LogP contribution >= 0.6 is 0 Å². The lowest BCUT2D eigenvalue weighted by Gasteiger charge is -2.01. The SMILES string of the molecule is CNc1ccc(-c2ccc(F)cc2)nn1. The van der Waals surface area contributed by atoms with Crippen LogP contribution in [0.25, 0.3) is 11.3 Å². The van der Waals surface area contributed by atoms with Crippen molar-refractivity contribution >= 4 is 5.82 Å². The van der Waals surface area contributed by atoms with Crippen LogP contribution in [0.1, 0.15) is 0 Å². The Morgan fingerprint density at radius 3 is 2.27 bits per heavy atom. The summed E-state index contributed by atoms with van der Waals surface area (Å²) >= 11 is 0. The molecule has 0 spiro atoms. The number of aromatic nitrogens is 2. The second-order valence-electron chi connectivity index (χ2n) is 3.06. The maximum atomic E-state index is 12.7. The number of rotatable bonds is 2. The molecule has 0 saturated carbocycles. The molecular formula is C11H10FN3. The van der Waals surface area contributed by atoms with Crippen molar-refractivity contribution in [3.63, 3.8) is 0 Å². The Hall–Kier alpha value is -1.97. The Morgan fingerprint density at radius 1 is 1.00 bits per heavy atom. The first-order valence-corrected chi connectivity index (χ1v) is 4.57. The molecule has 76 valence electrons. The van der Waals surface area contributed by atoms with Gasteiger partial charge in [0, 0.05) is 12.6 Å². The largest absolute Gasteiger partial charge is 0.372 e. The Morgan fingerprint density at radius 2 is 1.73 bits per heavy atom. The highest BCUT2D eigenvalue weighted by Gasteiger charge is 2.00. The summed E-state index contributed by atoms with van der Waals surface area (Å²) in [5.41, 5.74) is 1.58. The maximum absolute atomic E-state index is 12.7. The van der Waals surface area contributed by atoms with Gasteiger partial charge in [0.05, 0.1) is 5.69 Å². The second-order valence-corrected chi connectivity index (χ2v) is 3.06. The molecule has 0 atom stereocenters. The fourth-order valence-electron chi connectivity index (χ4n) is 1.24. The lowest BCUT2D eigenvalue weighted by atomic mass is 10.1. The van der Waals surface area contributed by atoms with Crippen LogP contribution in [0.4, 0.5) is 10.2 Å². The third kappa shape index (κ3) is 2.10. The minimum atomic E-state index is -0.251. The van der Waals surface area contributed by atoms with Gasteiger partial charge in [-0.05, 0) is 36.4 Å². The molecule has 2 aromatic rings. The summed E-state index contributed by atoms with van der Waals surface area (Å²) in [4.78, 5) is 0. The molecule has 4 heteroatoms. The molecule has 3 nitrogen and oxygen atoms in total. The van der Waals surface area contributed by atoms with Crippen LogP contribution in [0.5, 0.6) is 0 Å². The van der Waals surface area contributed by atoms with Gasteiger partial charge < -0.3 is 5.32 Å². The lowest BCUT2D eigenvalue weighted by molar-refractivity contribution is 0.628. The number of nitrogens with one attached hydrogen (secondary N) is 1. The summed E-state index contributed by atoms with van der Waals surface area (Å²) in [5.74, 6) is 0.458. The van der Waals surface area contributed by atoms with Gasteiger partial charge in [-0.25, -0.2) is 4.39 Å². The average Bonchev–Trinajstić information content (AvgIpc) is 2.30. The van der Waals surface area contributed by atoms with E-state index in [-0.39, 0.29) is 5.82 Å². The summed E-state index contributed by atoms with van der Waals surface area (Å²) < 4.78 is 12.7. The van der Waals surface area contributed by atoms with E-state index in [1.165, 1.54) is 12.1 Å². The van der Waals surface area contributed by atoms with Crippen molar-refractivity contribution in [2.45, 2.75) is 0 Å². The van der Waals surface area contributed by atoms with E-state index < -0.39 is 0 Å². The van der Waals surface area contributed by atoms with E-state index in [4.69, 9.17) is 0 Å². The summed E-state index contributed by atoms with van der Waals surface area (Å²) in [7, 11) is 1.78. The molecule has 0 amide bonds. The van der Waals surface area contributed by atoms with E-state index in [1.807, 2.05) is 12.1 Å². The third-order valence-electron chi connectivity index (χ3n) is 2.06. The lowest BCUT2D eigenvalue weighted by Crippen LogP contribution is -1.95. The van der Waals surface area contributed by atoms with Crippen LogP contribution in [-0.4, -0.2) is 17.2 Å². The van der Waals surface area contributed by atoms with E-state index in [0.717, 1.165) is 11.3 Å². The fourth-order valence-corrected chi connectivity index (χ4v) is 1.24. The molecule has 0 unspecified atom stereocenters. The number of hydrogen-bond donors (Lipinski definition) is 1. The number of anilines is 1. The molecule has 0 aliphatic rings. The van der Waals surface area contributed by atoms with Crippen LogP contribution in [0.3, 0.4) is 0 Å². The van der Waals surface area contributed by atoms with E-state index in [0.29, 0.717) is 5.82 Å². The van der Waals surface area contributed by atoms with Gasteiger partial charge in [-0.1, -0.05) is 0 Å². The standard InChI is InChI=1S/C11H10FN3/c1-13-11-7-6-10(14-15-11)8-2-4-9(12)5-3-8/h2-7H,1H3,(H,13,15). The molecule has 1 heterocycles. The van der Waals surface area contributed by atoms with Gasteiger partial charge in [0.25, 0.3) is 0 Å². The van der Waals surface area contributed by atoms with Crippen LogP contribution < -0.4 is 5.32 Å². The Labute approximate surface area is 87.0 Å². The highest BCUT2D eigenvalue weighted by Crippen LogP contribution is 2.16. The number of hydrogen-bond acceptors (Lipinski definition) is 3. The Kier molecular flexibility index (Phi) is 2.58. The van der Waals surface area contributed by atoms with Crippen LogP contribution in [0.15, 0.2) is 36.4 Å². The van der Waals surface area contributed by atoms with E-state index in [1.54, 1.807) is 19.2 Å². The van der Waals surface area contributed by atoms with Crippen molar-refractivity contribution in [3.8, 4) is 11.3 Å². The molecular weight excluding hydrogens is 193 g/mol. The van der Waals surface area contributed by atoms with Gasteiger partial charge >= 0.3 is 0 Å². The smallest absolute Gasteiger partial charge is 0.148 e. The molecule has 2 rings (SSSR count). The van der Waals surface area contributed by atoms with Gasteiger partial charge in [0.15, 0.2) is 0 Å². The molecule has 1 aromatic carbocycles. The van der Waals surface area contributed by atoms with E-state index in [2.05, 4.69) is 15.5 Å². The first-order chi connectivity index (χ1) is 7.29. The van der Waals surface area contributed by atoms with Crippen LogP contribution in [0.2, 0.25) is 0 Å². The molecule has 0 aliphatic carbocycles. The highest BCUT2D eigenvalue weighted by atomic mass is 19.1. The van der Waals surface area contributed by atoms with Crippen LogP contribution in [-0.2, 0) is 0 Å². The molecule has 0 saturated heterocycles. The molecule has 15 heavy (non-hydrogen) atoms. The van der Waals surface area contributed by atoms with Crippen LogP contribution in [0, 0.1) is 5.82 Å². The van der Waals surface area contributed by atoms with Gasteiger partial charge in [-0.2, -0.15) is 0 Å². The summed E-state index contributed by atoms with van der Waals surface area (Å²) in [6.45, 7) is 0. The molecule has 1 N–H and O–H groups in total. The molecule has 0 radical (unpaired) electrons. The summed E-state index contributed by atoms with van der Waals surface area (Å²) in [5, 5.41) is 10.8. The first kappa shape index (κ1) is 9.58. The monoisotopic (exact) mass is 203 g/mol. The minimum absolute atomic E-state index is 0.251. The Bertz CT molecular complexity index is 436. The van der Waals surface area contributed by atoms with Gasteiger partial charge in [-0.15, -0.1) is 10.2 Å². The number of nitrogens with zero attached hydrogens (tertiary/aromatic N) is 2. The van der Waals surface area contributed by atoms with Crippen molar-refractivity contribution in [1.82, 2.24) is 10.2 Å². The fraction of sp³-hybridized carbons (Fsp3) is 0.0909. The Balaban J connectivity index is 2.33. The highest BCUT2D eigenvalue weighted by molar-refractivity contribution is 5.59. The van der Waals surface area contributed by atoms with E-state index in [9.17, 15) is 4.39 Å². The molecule has 0 aliphatic heterocycles. The van der Waals surface area contributed by atoms with Crippen molar-refractivity contribution in [1.29, 1.82) is 0 Å². The van der Waals surface area contributed by atoms with Crippen molar-refractivity contribution in [2.75, 3.05) is 12.4 Å². The van der Waals surface area contributed by atoms with Gasteiger partial charge in [0.1, 0.15) is 11.6 Å². The quantitative estimate of drug-likeness (QED) is 0.813.